The molecule has 0 bridgehead atoms. The second-order valence-electron chi connectivity index (χ2n) is 4.29. The minimum absolute atomic E-state index is 0.0131. The first-order chi connectivity index (χ1) is 8.11. The van der Waals surface area contributed by atoms with Crippen LogP contribution in [-0.2, 0) is 0 Å². The molecule has 3 aromatic rings. The number of carbonyl (C=O) groups excluding carboxylic acids is 1. The Kier molecular flexibility index (Phi) is 1.90. The lowest BCUT2D eigenvalue weighted by molar-refractivity contribution is 0.0945. The summed E-state index contributed by atoms with van der Waals surface area (Å²) in [6.45, 7) is 5.53. The molecule has 2 aromatic heterocycles. The van der Waals surface area contributed by atoms with E-state index in [4.69, 9.17) is 0 Å². The first-order valence-electron chi connectivity index (χ1n) is 5.57. The van der Waals surface area contributed by atoms with Crippen LogP contribution in [0.15, 0.2) is 24.3 Å². The molecule has 0 saturated carbocycles. The van der Waals surface area contributed by atoms with Gasteiger partial charge in [-0.05, 0) is 26.0 Å². The van der Waals surface area contributed by atoms with Gasteiger partial charge in [-0.3, -0.25) is 9.36 Å². The molecular weight excluding hydrogens is 214 g/mol. The van der Waals surface area contributed by atoms with Crippen LogP contribution < -0.4 is 0 Å². The molecule has 1 aromatic carbocycles. The molecule has 0 amide bonds. The largest absolute Gasteiger partial charge is 0.274 e. The predicted octanol–water partition coefficient (Wildman–Crippen LogP) is 2.57. The molecule has 0 aliphatic rings. The van der Waals surface area contributed by atoms with Crippen LogP contribution in [0.25, 0.3) is 16.7 Å². The van der Waals surface area contributed by atoms with Gasteiger partial charge in [-0.1, -0.05) is 12.1 Å². The van der Waals surface area contributed by atoms with Gasteiger partial charge in [0.25, 0.3) is 0 Å². The van der Waals surface area contributed by atoms with Crippen molar-refractivity contribution in [3.05, 3.63) is 35.5 Å². The second-order valence-corrected chi connectivity index (χ2v) is 4.29. The van der Waals surface area contributed by atoms with Gasteiger partial charge in [0.2, 0.25) is 5.91 Å². The monoisotopic (exact) mass is 227 g/mol. The molecular formula is C13H13N3O. The summed E-state index contributed by atoms with van der Waals surface area (Å²) in [6, 6.07) is 7.82. The van der Waals surface area contributed by atoms with Gasteiger partial charge in [-0.25, -0.2) is 4.52 Å². The van der Waals surface area contributed by atoms with E-state index in [1.165, 1.54) is 0 Å². The molecule has 0 aliphatic carbocycles. The Balaban J connectivity index is 2.66. The number of carbonyl (C=O) groups is 1. The van der Waals surface area contributed by atoms with E-state index in [0.717, 1.165) is 27.9 Å². The molecule has 0 spiro atoms. The predicted molar refractivity (Wildman–Crippen MR) is 66.5 cm³/mol. The molecule has 17 heavy (non-hydrogen) atoms. The van der Waals surface area contributed by atoms with E-state index in [2.05, 4.69) is 5.10 Å². The Labute approximate surface area is 98.5 Å². The Morgan fingerprint density at radius 2 is 1.82 bits per heavy atom. The topological polar surface area (TPSA) is 39.3 Å². The zero-order valence-corrected chi connectivity index (χ0v) is 10.1. The fourth-order valence-electron chi connectivity index (χ4n) is 2.29. The van der Waals surface area contributed by atoms with Gasteiger partial charge in [0.15, 0.2) is 0 Å². The number of nitrogens with zero attached hydrogens (tertiary/aromatic N) is 3. The maximum Gasteiger partial charge on any atom is 0.229 e. The van der Waals surface area contributed by atoms with Gasteiger partial charge in [-0.2, -0.15) is 5.10 Å². The molecule has 0 aliphatic heterocycles. The lowest BCUT2D eigenvalue weighted by Crippen LogP contribution is -2.05. The quantitative estimate of drug-likeness (QED) is 0.592. The van der Waals surface area contributed by atoms with Crippen LogP contribution in [0.4, 0.5) is 0 Å². The minimum atomic E-state index is 0.0131. The molecule has 0 radical (unpaired) electrons. The lowest BCUT2D eigenvalue weighted by atomic mass is 10.3. The minimum Gasteiger partial charge on any atom is -0.274 e. The molecule has 2 heterocycles. The molecule has 0 saturated heterocycles. The fourth-order valence-corrected chi connectivity index (χ4v) is 2.29. The van der Waals surface area contributed by atoms with Gasteiger partial charge in [0, 0.05) is 12.5 Å². The molecule has 0 unspecified atom stereocenters. The SMILES string of the molecule is CC(=O)n1c2ccccc2n2nc(C)c(C)c12. The van der Waals surface area contributed by atoms with Crippen LogP contribution in [0.1, 0.15) is 23.0 Å². The van der Waals surface area contributed by atoms with Gasteiger partial charge < -0.3 is 0 Å². The maximum absolute atomic E-state index is 11.8. The van der Waals surface area contributed by atoms with Crippen LogP contribution in [0.5, 0.6) is 0 Å². The van der Waals surface area contributed by atoms with Crippen molar-refractivity contribution in [1.29, 1.82) is 0 Å². The van der Waals surface area contributed by atoms with Crippen molar-refractivity contribution in [3.63, 3.8) is 0 Å². The van der Waals surface area contributed by atoms with E-state index in [9.17, 15) is 4.79 Å². The maximum atomic E-state index is 11.8. The first-order valence-corrected chi connectivity index (χ1v) is 5.57. The van der Waals surface area contributed by atoms with Gasteiger partial charge in [0.05, 0.1) is 16.7 Å². The lowest BCUT2D eigenvalue weighted by Gasteiger charge is -1.99. The Hall–Kier alpha value is -2.10. The smallest absolute Gasteiger partial charge is 0.229 e. The van der Waals surface area contributed by atoms with Crippen LogP contribution in [0.2, 0.25) is 0 Å². The van der Waals surface area contributed by atoms with Crippen molar-refractivity contribution in [2.75, 3.05) is 0 Å². The summed E-state index contributed by atoms with van der Waals surface area (Å²) in [4.78, 5) is 11.8. The molecule has 0 atom stereocenters. The summed E-state index contributed by atoms with van der Waals surface area (Å²) in [5.74, 6) is 0.0131. The number of hydrogen-bond donors (Lipinski definition) is 0. The summed E-state index contributed by atoms with van der Waals surface area (Å²) < 4.78 is 3.58. The van der Waals surface area contributed by atoms with Crippen LogP contribution in [0.3, 0.4) is 0 Å². The van der Waals surface area contributed by atoms with Crippen molar-refractivity contribution < 1.29 is 4.79 Å². The number of aryl methyl sites for hydroxylation is 2. The van der Waals surface area contributed by atoms with Crippen molar-refractivity contribution in [2.45, 2.75) is 20.8 Å². The summed E-state index contributed by atoms with van der Waals surface area (Å²) >= 11 is 0. The summed E-state index contributed by atoms with van der Waals surface area (Å²) in [5, 5.41) is 4.49. The molecule has 4 nitrogen and oxygen atoms in total. The highest BCUT2D eigenvalue weighted by molar-refractivity contribution is 5.95. The molecule has 4 heteroatoms. The Bertz CT molecular complexity index is 749. The summed E-state index contributed by atoms with van der Waals surface area (Å²) in [7, 11) is 0. The van der Waals surface area contributed by atoms with Crippen molar-refractivity contribution in [3.8, 4) is 0 Å². The van der Waals surface area contributed by atoms with E-state index >= 15 is 0 Å². The third kappa shape index (κ3) is 1.18. The van der Waals surface area contributed by atoms with Crippen molar-refractivity contribution in [1.82, 2.24) is 14.2 Å². The average Bonchev–Trinajstić information content (AvgIpc) is 2.76. The highest BCUT2D eigenvalue weighted by Crippen LogP contribution is 2.24. The number of para-hydroxylation sites is 2. The highest BCUT2D eigenvalue weighted by Gasteiger charge is 2.17. The third-order valence-electron chi connectivity index (χ3n) is 3.21. The highest BCUT2D eigenvalue weighted by atomic mass is 16.1. The van der Waals surface area contributed by atoms with Crippen molar-refractivity contribution in [2.24, 2.45) is 0 Å². The molecule has 3 rings (SSSR count). The normalized spacial score (nSPS) is 11.5. The Morgan fingerprint density at radius 1 is 1.18 bits per heavy atom. The number of hydrogen-bond acceptors (Lipinski definition) is 2. The summed E-state index contributed by atoms with van der Waals surface area (Å²) in [6.07, 6.45) is 0. The van der Waals surface area contributed by atoms with E-state index < -0.39 is 0 Å². The zero-order chi connectivity index (χ0) is 12.2. The van der Waals surface area contributed by atoms with Crippen LogP contribution >= 0.6 is 0 Å². The van der Waals surface area contributed by atoms with Crippen molar-refractivity contribution >= 4 is 22.6 Å². The van der Waals surface area contributed by atoms with Gasteiger partial charge in [0.1, 0.15) is 5.65 Å². The Morgan fingerprint density at radius 3 is 2.47 bits per heavy atom. The van der Waals surface area contributed by atoms with E-state index in [1.807, 2.05) is 42.6 Å². The zero-order valence-electron chi connectivity index (χ0n) is 10.1. The summed E-state index contributed by atoms with van der Waals surface area (Å²) in [5.41, 5.74) is 4.76. The number of benzene rings is 1. The molecule has 0 fully saturated rings. The second kappa shape index (κ2) is 3.20. The van der Waals surface area contributed by atoms with Crippen LogP contribution in [-0.4, -0.2) is 20.1 Å². The van der Waals surface area contributed by atoms with Crippen LogP contribution in [0, 0.1) is 13.8 Å². The number of rotatable bonds is 0. The fraction of sp³-hybridized carbons (Fsp3) is 0.231. The average molecular weight is 227 g/mol. The number of aromatic nitrogens is 3. The van der Waals surface area contributed by atoms with E-state index in [-0.39, 0.29) is 5.91 Å². The first kappa shape index (κ1) is 10.1. The van der Waals surface area contributed by atoms with Gasteiger partial charge in [-0.15, -0.1) is 0 Å². The van der Waals surface area contributed by atoms with E-state index in [1.54, 1.807) is 11.5 Å². The molecule has 0 N–H and O–H groups in total. The van der Waals surface area contributed by atoms with E-state index in [0.29, 0.717) is 0 Å². The number of fused-ring (bicyclic) bond motifs is 3. The standard InChI is InChI=1S/C13H13N3O/c1-8-9(2)14-16-12-7-5-4-6-11(12)15(10(3)17)13(8)16/h4-7H,1-3H3. The van der Waals surface area contributed by atoms with Gasteiger partial charge >= 0.3 is 0 Å². The third-order valence-corrected chi connectivity index (χ3v) is 3.21. The number of imidazole rings is 1. The molecule has 86 valence electrons.